The Morgan fingerprint density at radius 3 is 2.67 bits per heavy atom. The van der Waals surface area contributed by atoms with Gasteiger partial charge in [-0.3, -0.25) is 19.2 Å². The Kier molecular flexibility index (Phi) is 11.3. The Morgan fingerprint density at radius 2 is 1.88 bits per heavy atom. The molecule has 2 heterocycles. The van der Waals surface area contributed by atoms with E-state index in [1.165, 1.54) is 0 Å². The number of nitrogens with one attached hydrogen (secondary N) is 4. The van der Waals surface area contributed by atoms with Gasteiger partial charge in [0.15, 0.2) is 0 Å². The smallest absolute Gasteiger partial charge is 0.243 e. The lowest BCUT2D eigenvalue weighted by Crippen LogP contribution is -2.56. The summed E-state index contributed by atoms with van der Waals surface area (Å²) in [6.07, 6.45) is 3.41. The molecule has 10 heteroatoms. The molecule has 2 aromatic rings. The number of aryl methyl sites for hydroxylation is 2. The van der Waals surface area contributed by atoms with E-state index in [1.807, 2.05) is 55.5 Å². The zero-order valence-corrected chi connectivity index (χ0v) is 24.6. The number of piperidine rings is 1. The largest absolute Gasteiger partial charge is 0.494 e. The molecule has 4 amide bonds. The third kappa shape index (κ3) is 9.04. The first kappa shape index (κ1) is 31.0. The lowest BCUT2D eigenvalue weighted by molar-refractivity contribution is -0.138. The zero-order valence-electron chi connectivity index (χ0n) is 24.6. The Bertz CT molecular complexity index is 1240. The molecule has 0 saturated carbocycles. The minimum Gasteiger partial charge on any atom is -0.494 e. The van der Waals surface area contributed by atoms with Gasteiger partial charge in [0.05, 0.1) is 19.6 Å². The standard InChI is InChI=1S/C32H43N5O5/c1-22-10-12-26-17-25(22)19-34-31(40)27(13-11-23-7-4-3-5-8-23)36-32(41)28(35-29(38)20-33-2)18-30(39)37-15-6-9-24(21-37)14-16-42-26/h3-5,7-8,10,12,17,24,27-28,33H,6,9,11,13-16,18-21H2,1-2H3,(H,34,40)(H,35,38)(H,36,41)/t24?,27-,28-/m0/s1. The van der Waals surface area contributed by atoms with Crippen molar-refractivity contribution < 1.29 is 23.9 Å². The Morgan fingerprint density at radius 1 is 1.07 bits per heavy atom. The summed E-state index contributed by atoms with van der Waals surface area (Å²) in [7, 11) is 1.63. The number of benzene rings is 2. The predicted octanol–water partition coefficient (Wildman–Crippen LogP) is 1.84. The quantitative estimate of drug-likeness (QED) is 0.415. The van der Waals surface area contributed by atoms with Crippen LogP contribution in [-0.4, -0.2) is 73.9 Å². The van der Waals surface area contributed by atoms with Gasteiger partial charge in [-0.15, -0.1) is 0 Å². The molecular weight excluding hydrogens is 534 g/mol. The number of hydrogen-bond donors (Lipinski definition) is 4. The monoisotopic (exact) mass is 577 g/mol. The van der Waals surface area contributed by atoms with E-state index in [-0.39, 0.29) is 31.3 Å². The third-order valence-electron chi connectivity index (χ3n) is 8.01. The molecule has 0 spiro atoms. The summed E-state index contributed by atoms with van der Waals surface area (Å²) in [5, 5.41) is 11.3. The molecule has 10 nitrogen and oxygen atoms in total. The van der Waals surface area contributed by atoms with E-state index >= 15 is 0 Å². The highest BCUT2D eigenvalue weighted by Crippen LogP contribution is 2.23. The van der Waals surface area contributed by atoms with Crippen molar-refractivity contribution in [2.75, 3.05) is 33.3 Å². The van der Waals surface area contributed by atoms with Crippen LogP contribution in [0.4, 0.5) is 0 Å². The van der Waals surface area contributed by atoms with Crippen LogP contribution in [0, 0.1) is 12.8 Å². The van der Waals surface area contributed by atoms with Crippen LogP contribution in [0.1, 0.15) is 48.8 Å². The van der Waals surface area contributed by atoms with Gasteiger partial charge >= 0.3 is 0 Å². The molecule has 4 bridgehead atoms. The number of fused-ring (bicyclic) bond motifs is 4. The van der Waals surface area contributed by atoms with Crippen LogP contribution >= 0.6 is 0 Å². The highest BCUT2D eigenvalue weighted by atomic mass is 16.5. The number of carbonyl (C=O) groups excluding carboxylic acids is 4. The Labute approximate surface area is 247 Å². The Hall–Kier alpha value is -3.92. The van der Waals surface area contributed by atoms with Crippen LogP contribution in [0.15, 0.2) is 48.5 Å². The highest BCUT2D eigenvalue weighted by Gasteiger charge is 2.31. The first-order chi connectivity index (χ1) is 20.3. The predicted molar refractivity (Wildman–Crippen MR) is 160 cm³/mol. The summed E-state index contributed by atoms with van der Waals surface area (Å²) < 4.78 is 6.07. The SMILES string of the molecule is CNCC(=O)N[C@H]1CC(=O)N2CCCC(CCOc3ccc(C)c(c3)CNC(=O)[C@H](CCc3ccccc3)NC1=O)C2. The van der Waals surface area contributed by atoms with Crippen molar-refractivity contribution >= 4 is 23.6 Å². The van der Waals surface area contributed by atoms with E-state index < -0.39 is 23.9 Å². The first-order valence-corrected chi connectivity index (χ1v) is 14.9. The van der Waals surface area contributed by atoms with Crippen LogP contribution in [0.3, 0.4) is 0 Å². The molecular formula is C32H43N5O5. The zero-order chi connectivity index (χ0) is 29.9. The van der Waals surface area contributed by atoms with Crippen LogP contribution < -0.4 is 26.0 Å². The molecule has 1 fully saturated rings. The summed E-state index contributed by atoms with van der Waals surface area (Å²) in [5.41, 5.74) is 2.99. The minimum atomic E-state index is -1.10. The third-order valence-corrected chi connectivity index (χ3v) is 8.01. The molecule has 4 rings (SSSR count). The van der Waals surface area contributed by atoms with Crippen molar-refractivity contribution in [1.29, 1.82) is 0 Å². The maximum absolute atomic E-state index is 13.6. The minimum absolute atomic E-state index is 0.0000948. The van der Waals surface area contributed by atoms with Crippen LogP contribution in [0.25, 0.3) is 0 Å². The van der Waals surface area contributed by atoms with E-state index in [4.69, 9.17) is 4.74 Å². The van der Waals surface area contributed by atoms with Crippen molar-refractivity contribution in [2.45, 2.75) is 64.1 Å². The lowest BCUT2D eigenvalue weighted by atomic mass is 9.94. The molecule has 0 aliphatic carbocycles. The molecule has 0 radical (unpaired) electrons. The fourth-order valence-electron chi connectivity index (χ4n) is 5.52. The molecule has 226 valence electrons. The molecule has 4 N–H and O–H groups in total. The second kappa shape index (κ2) is 15.3. The lowest BCUT2D eigenvalue weighted by Gasteiger charge is -2.34. The van der Waals surface area contributed by atoms with Crippen LogP contribution in [0.5, 0.6) is 5.75 Å². The number of hydrogen-bond acceptors (Lipinski definition) is 6. The maximum atomic E-state index is 13.6. The molecule has 42 heavy (non-hydrogen) atoms. The second-order valence-electron chi connectivity index (χ2n) is 11.2. The fraction of sp³-hybridized carbons (Fsp3) is 0.500. The molecule has 3 atom stereocenters. The fourth-order valence-corrected chi connectivity index (χ4v) is 5.52. The summed E-state index contributed by atoms with van der Waals surface area (Å²) >= 11 is 0. The van der Waals surface area contributed by atoms with Crippen molar-refractivity contribution in [3.05, 3.63) is 65.2 Å². The normalized spacial score (nSPS) is 22.2. The van der Waals surface area contributed by atoms with Gasteiger partial charge in [0.1, 0.15) is 17.8 Å². The Balaban J connectivity index is 1.60. The molecule has 2 aliphatic heterocycles. The number of likely N-dealkylation sites (N-methyl/N-ethyl adjacent to an activating group) is 1. The number of amides is 4. The van der Waals surface area contributed by atoms with Crippen molar-refractivity contribution in [3.63, 3.8) is 0 Å². The van der Waals surface area contributed by atoms with E-state index in [2.05, 4.69) is 21.3 Å². The van der Waals surface area contributed by atoms with E-state index in [0.29, 0.717) is 38.5 Å². The molecule has 1 unspecified atom stereocenters. The topological polar surface area (TPSA) is 129 Å². The van der Waals surface area contributed by atoms with Gasteiger partial charge in [-0.1, -0.05) is 36.4 Å². The van der Waals surface area contributed by atoms with E-state index in [1.54, 1.807) is 11.9 Å². The molecule has 0 aromatic heterocycles. The van der Waals surface area contributed by atoms with Gasteiger partial charge < -0.3 is 30.9 Å². The maximum Gasteiger partial charge on any atom is 0.243 e. The van der Waals surface area contributed by atoms with Gasteiger partial charge in [-0.05, 0) is 80.8 Å². The van der Waals surface area contributed by atoms with Gasteiger partial charge in [-0.2, -0.15) is 0 Å². The van der Waals surface area contributed by atoms with Crippen molar-refractivity contribution in [3.8, 4) is 5.75 Å². The van der Waals surface area contributed by atoms with E-state index in [9.17, 15) is 19.2 Å². The molecule has 2 aliphatic rings. The van der Waals surface area contributed by atoms with Crippen LogP contribution in [-0.2, 0) is 32.1 Å². The molecule has 2 aromatic carbocycles. The number of carbonyl (C=O) groups is 4. The highest BCUT2D eigenvalue weighted by molar-refractivity contribution is 5.95. The summed E-state index contributed by atoms with van der Waals surface area (Å²) in [6.45, 7) is 3.98. The molecule has 1 saturated heterocycles. The van der Waals surface area contributed by atoms with Gasteiger partial charge in [0, 0.05) is 19.6 Å². The van der Waals surface area contributed by atoms with Gasteiger partial charge in [0.25, 0.3) is 0 Å². The summed E-state index contributed by atoms with van der Waals surface area (Å²) in [4.78, 5) is 54.8. The number of ether oxygens (including phenoxy) is 1. The average molecular weight is 578 g/mol. The van der Waals surface area contributed by atoms with Crippen molar-refractivity contribution in [2.24, 2.45) is 5.92 Å². The van der Waals surface area contributed by atoms with Crippen LogP contribution in [0.2, 0.25) is 0 Å². The van der Waals surface area contributed by atoms with E-state index in [0.717, 1.165) is 41.7 Å². The second-order valence-corrected chi connectivity index (χ2v) is 11.2. The first-order valence-electron chi connectivity index (χ1n) is 14.9. The average Bonchev–Trinajstić information content (AvgIpc) is 2.99. The summed E-state index contributed by atoms with van der Waals surface area (Å²) in [5.74, 6) is -0.455. The van der Waals surface area contributed by atoms with Gasteiger partial charge in [0.2, 0.25) is 23.6 Å². The number of nitrogens with zero attached hydrogens (tertiary/aromatic N) is 1. The number of rotatable bonds is 6. The van der Waals surface area contributed by atoms with Crippen molar-refractivity contribution in [1.82, 2.24) is 26.2 Å². The van der Waals surface area contributed by atoms with Gasteiger partial charge in [-0.25, -0.2) is 0 Å². The summed E-state index contributed by atoms with van der Waals surface area (Å²) in [6, 6.07) is 13.6.